The van der Waals surface area contributed by atoms with Crippen LogP contribution in [0.2, 0.25) is 0 Å². The summed E-state index contributed by atoms with van der Waals surface area (Å²) >= 11 is 0. The number of rotatable bonds is 8. The number of aryl methyl sites for hydroxylation is 4. The van der Waals surface area contributed by atoms with E-state index in [-0.39, 0.29) is 18.1 Å². The second-order valence-electron chi connectivity index (χ2n) is 13.5. The third-order valence-corrected chi connectivity index (χ3v) is 7.28. The van der Waals surface area contributed by atoms with Crippen LogP contribution in [0.5, 0.6) is 5.75 Å². The third kappa shape index (κ3) is 8.85. The molecule has 0 aromatic heterocycles. The molecule has 0 aliphatic carbocycles. The molecule has 0 aliphatic heterocycles. The SMILES string of the molecule is Cc1ccc(C(C(=O)Nc2c(C)cccc2C)N(C(=O)C(Cc2ccc(O)cc2)NC(=O)OC(C)(C)C)C(C)(C)C)c(C)c1. The van der Waals surface area contributed by atoms with Crippen LogP contribution in [0.1, 0.15) is 81.0 Å². The zero-order chi connectivity index (χ0) is 33.0. The van der Waals surface area contributed by atoms with Gasteiger partial charge < -0.3 is 25.4 Å². The van der Waals surface area contributed by atoms with Crippen molar-refractivity contribution in [2.75, 3.05) is 5.32 Å². The molecular formula is C36H47N3O5. The van der Waals surface area contributed by atoms with Crippen LogP contribution in [0.25, 0.3) is 0 Å². The number of nitrogens with one attached hydrogen (secondary N) is 2. The van der Waals surface area contributed by atoms with Gasteiger partial charge >= 0.3 is 6.09 Å². The Hall–Kier alpha value is -4.33. The Balaban J connectivity index is 2.17. The van der Waals surface area contributed by atoms with E-state index in [1.54, 1.807) is 37.8 Å². The molecule has 0 fully saturated rings. The van der Waals surface area contributed by atoms with Gasteiger partial charge in [-0.2, -0.15) is 0 Å². The molecule has 0 heterocycles. The van der Waals surface area contributed by atoms with Crippen LogP contribution in [-0.2, 0) is 20.7 Å². The average Bonchev–Trinajstić information content (AvgIpc) is 2.88. The molecule has 0 saturated heterocycles. The monoisotopic (exact) mass is 601 g/mol. The fourth-order valence-electron chi connectivity index (χ4n) is 5.26. The van der Waals surface area contributed by atoms with E-state index in [1.807, 2.05) is 84.9 Å². The van der Waals surface area contributed by atoms with Crippen molar-refractivity contribution in [1.29, 1.82) is 0 Å². The van der Waals surface area contributed by atoms with Crippen molar-refractivity contribution in [2.24, 2.45) is 0 Å². The summed E-state index contributed by atoms with van der Waals surface area (Å²) in [6, 6.07) is 16.0. The van der Waals surface area contributed by atoms with E-state index in [0.29, 0.717) is 16.8 Å². The predicted octanol–water partition coefficient (Wildman–Crippen LogP) is 7.07. The molecular weight excluding hydrogens is 554 g/mol. The predicted molar refractivity (Wildman–Crippen MR) is 175 cm³/mol. The van der Waals surface area contributed by atoms with Crippen molar-refractivity contribution < 1.29 is 24.2 Å². The maximum Gasteiger partial charge on any atom is 0.408 e. The van der Waals surface area contributed by atoms with Gasteiger partial charge in [0.1, 0.15) is 23.4 Å². The van der Waals surface area contributed by atoms with Gasteiger partial charge in [-0.25, -0.2) is 4.79 Å². The van der Waals surface area contributed by atoms with Gasteiger partial charge in [0, 0.05) is 17.6 Å². The highest BCUT2D eigenvalue weighted by Crippen LogP contribution is 2.34. The van der Waals surface area contributed by atoms with Gasteiger partial charge in [-0.3, -0.25) is 9.59 Å². The Kier molecular flexibility index (Phi) is 10.5. The molecule has 2 atom stereocenters. The number of carbonyl (C=O) groups excluding carboxylic acids is 3. The molecule has 0 spiro atoms. The number of phenols is 1. The summed E-state index contributed by atoms with van der Waals surface area (Å²) in [5.41, 5.74) is 4.17. The summed E-state index contributed by atoms with van der Waals surface area (Å²) in [6.07, 6.45) is -0.630. The Bertz CT molecular complexity index is 1480. The molecule has 0 saturated carbocycles. The molecule has 3 aromatic carbocycles. The molecule has 3 amide bonds. The van der Waals surface area contributed by atoms with E-state index in [2.05, 4.69) is 10.6 Å². The Morgan fingerprint density at radius 2 is 1.43 bits per heavy atom. The maximum atomic E-state index is 14.8. The van der Waals surface area contributed by atoms with E-state index in [1.165, 1.54) is 12.1 Å². The first kappa shape index (κ1) is 34.2. The summed E-state index contributed by atoms with van der Waals surface area (Å²) < 4.78 is 5.53. The van der Waals surface area contributed by atoms with Crippen LogP contribution < -0.4 is 10.6 Å². The van der Waals surface area contributed by atoms with Crippen LogP contribution in [0.15, 0.2) is 60.7 Å². The summed E-state index contributed by atoms with van der Waals surface area (Å²) in [5.74, 6) is -0.720. The van der Waals surface area contributed by atoms with Gasteiger partial charge in [-0.15, -0.1) is 0 Å². The quantitative estimate of drug-likeness (QED) is 0.256. The zero-order valence-electron chi connectivity index (χ0n) is 27.7. The normalized spacial score (nSPS) is 13.0. The molecule has 3 aromatic rings. The van der Waals surface area contributed by atoms with Gasteiger partial charge in [0.05, 0.1) is 0 Å². The molecule has 44 heavy (non-hydrogen) atoms. The standard InChI is InChI=1S/C36H47N3O5/c1-22-14-19-28(25(4)20-22)31(32(41)38-30-23(2)12-11-13-24(30)3)39(35(5,6)7)33(42)29(37-34(43)44-36(8,9)10)21-26-15-17-27(40)18-16-26/h11-20,29,31,40H,21H2,1-10H3,(H,37,43)(H,38,41). The van der Waals surface area contributed by atoms with Crippen molar-refractivity contribution in [3.63, 3.8) is 0 Å². The third-order valence-electron chi connectivity index (χ3n) is 7.28. The molecule has 8 nitrogen and oxygen atoms in total. The van der Waals surface area contributed by atoms with E-state index in [0.717, 1.165) is 22.3 Å². The van der Waals surface area contributed by atoms with Crippen molar-refractivity contribution in [3.8, 4) is 5.75 Å². The fraction of sp³-hybridized carbons (Fsp3) is 0.417. The Morgan fingerprint density at radius 3 is 1.95 bits per heavy atom. The number of benzene rings is 3. The number of hydrogen-bond donors (Lipinski definition) is 3. The number of hydrogen-bond acceptors (Lipinski definition) is 5. The number of anilines is 1. The second kappa shape index (κ2) is 13.5. The maximum absolute atomic E-state index is 14.8. The fourth-order valence-corrected chi connectivity index (χ4v) is 5.26. The van der Waals surface area contributed by atoms with Gasteiger partial charge in [-0.1, -0.05) is 54.1 Å². The number of ether oxygens (including phenoxy) is 1. The second-order valence-corrected chi connectivity index (χ2v) is 13.5. The van der Waals surface area contributed by atoms with Crippen LogP contribution >= 0.6 is 0 Å². The van der Waals surface area contributed by atoms with Crippen LogP contribution in [0, 0.1) is 27.7 Å². The first-order chi connectivity index (χ1) is 20.4. The van der Waals surface area contributed by atoms with Crippen molar-refractivity contribution in [1.82, 2.24) is 10.2 Å². The number of amides is 3. The minimum Gasteiger partial charge on any atom is -0.508 e. The number of para-hydroxylation sites is 1. The average molecular weight is 602 g/mol. The van der Waals surface area contributed by atoms with Crippen LogP contribution in [0.3, 0.4) is 0 Å². The van der Waals surface area contributed by atoms with Gasteiger partial charge in [0.2, 0.25) is 5.91 Å². The summed E-state index contributed by atoms with van der Waals surface area (Å²) in [7, 11) is 0. The lowest BCUT2D eigenvalue weighted by Gasteiger charge is -2.43. The van der Waals surface area contributed by atoms with Crippen molar-refractivity contribution >= 4 is 23.6 Å². The zero-order valence-corrected chi connectivity index (χ0v) is 27.7. The Morgan fingerprint density at radius 1 is 0.841 bits per heavy atom. The van der Waals surface area contributed by atoms with Crippen molar-refractivity contribution in [3.05, 3.63) is 94.0 Å². The lowest BCUT2D eigenvalue weighted by Crippen LogP contribution is -2.58. The highest BCUT2D eigenvalue weighted by Gasteiger charge is 2.42. The summed E-state index contributed by atoms with van der Waals surface area (Å²) in [5, 5.41) is 15.7. The van der Waals surface area contributed by atoms with Crippen LogP contribution in [-0.4, -0.2) is 45.1 Å². The highest BCUT2D eigenvalue weighted by atomic mass is 16.6. The summed E-state index contributed by atoms with van der Waals surface area (Å²) in [4.78, 5) is 43.8. The Labute approximate surface area is 261 Å². The van der Waals surface area contributed by atoms with E-state index in [4.69, 9.17) is 4.74 Å². The number of aromatic hydroxyl groups is 1. The smallest absolute Gasteiger partial charge is 0.408 e. The highest BCUT2D eigenvalue weighted by molar-refractivity contribution is 6.00. The topological polar surface area (TPSA) is 108 Å². The van der Waals surface area contributed by atoms with Gasteiger partial charge in [0.15, 0.2) is 0 Å². The summed E-state index contributed by atoms with van der Waals surface area (Å²) in [6.45, 7) is 18.6. The lowest BCUT2D eigenvalue weighted by molar-refractivity contribution is -0.146. The van der Waals surface area contributed by atoms with E-state index in [9.17, 15) is 19.5 Å². The molecule has 3 N–H and O–H groups in total. The molecule has 0 bridgehead atoms. The molecule has 0 aliphatic rings. The molecule has 3 rings (SSSR count). The number of carbonyl (C=O) groups is 3. The minimum absolute atomic E-state index is 0.0890. The number of nitrogens with zero attached hydrogens (tertiary/aromatic N) is 1. The van der Waals surface area contributed by atoms with Gasteiger partial charge in [-0.05, 0) is 109 Å². The molecule has 236 valence electrons. The molecule has 8 heteroatoms. The van der Waals surface area contributed by atoms with Crippen LogP contribution in [0.4, 0.5) is 10.5 Å². The molecule has 0 radical (unpaired) electrons. The first-order valence-electron chi connectivity index (χ1n) is 14.9. The van der Waals surface area contributed by atoms with Gasteiger partial charge in [0.25, 0.3) is 5.91 Å². The molecule has 2 unspecified atom stereocenters. The first-order valence-corrected chi connectivity index (χ1v) is 14.9. The largest absolute Gasteiger partial charge is 0.508 e. The minimum atomic E-state index is -1.07. The lowest BCUT2D eigenvalue weighted by atomic mass is 9.91. The van der Waals surface area contributed by atoms with E-state index < -0.39 is 35.2 Å². The number of alkyl carbamates (subject to hydrolysis) is 1. The van der Waals surface area contributed by atoms with E-state index >= 15 is 0 Å². The number of phenolic OH excluding ortho intramolecular Hbond substituents is 1. The van der Waals surface area contributed by atoms with Crippen molar-refractivity contribution in [2.45, 2.75) is 98.9 Å².